The normalized spacial score (nSPS) is 11.2. The Labute approximate surface area is 170 Å². The maximum atomic E-state index is 12.7. The van der Waals surface area contributed by atoms with Crippen molar-refractivity contribution in [2.45, 2.75) is 6.61 Å². The first-order valence-corrected chi connectivity index (χ1v) is 9.44. The molecule has 146 valence electrons. The van der Waals surface area contributed by atoms with Crippen LogP contribution in [0, 0.1) is 0 Å². The second-order valence-electron chi connectivity index (χ2n) is 7.01. The van der Waals surface area contributed by atoms with Crippen LogP contribution in [0.3, 0.4) is 0 Å². The molecule has 1 aromatic heterocycles. The lowest BCUT2D eigenvalue weighted by Gasteiger charge is -2.11. The molecule has 5 rings (SSSR count). The number of benzene rings is 4. The average Bonchev–Trinajstić information content (AvgIpc) is 2.77. The van der Waals surface area contributed by atoms with Gasteiger partial charge in [-0.25, -0.2) is 9.59 Å². The van der Waals surface area contributed by atoms with E-state index in [2.05, 4.69) is 0 Å². The molecule has 0 atom stereocenters. The molecule has 0 fully saturated rings. The third-order valence-electron chi connectivity index (χ3n) is 5.19. The number of rotatable bonds is 3. The average molecular weight is 396 g/mol. The second-order valence-corrected chi connectivity index (χ2v) is 7.01. The Balaban J connectivity index is 1.54. The highest BCUT2D eigenvalue weighted by Gasteiger charge is 2.17. The second kappa shape index (κ2) is 7.04. The highest BCUT2D eigenvalue weighted by atomic mass is 16.5. The van der Waals surface area contributed by atoms with Crippen molar-refractivity contribution in [1.29, 1.82) is 0 Å². The lowest BCUT2D eigenvalue weighted by Crippen LogP contribution is -2.08. The molecule has 4 aromatic carbocycles. The van der Waals surface area contributed by atoms with Crippen LogP contribution in [0.4, 0.5) is 0 Å². The van der Waals surface area contributed by atoms with Crippen molar-refractivity contribution in [3.8, 4) is 5.75 Å². The quantitative estimate of drug-likeness (QED) is 0.259. The predicted molar refractivity (Wildman–Crippen MR) is 115 cm³/mol. The van der Waals surface area contributed by atoms with E-state index in [4.69, 9.17) is 9.15 Å². The van der Waals surface area contributed by atoms with Crippen LogP contribution < -0.4 is 5.63 Å². The van der Waals surface area contributed by atoms with Crippen molar-refractivity contribution in [2.75, 3.05) is 0 Å². The number of aromatic hydroxyl groups is 1. The molecule has 1 heterocycles. The molecule has 5 aromatic rings. The van der Waals surface area contributed by atoms with Crippen molar-refractivity contribution < 1.29 is 19.1 Å². The zero-order chi connectivity index (χ0) is 20.7. The molecule has 5 nitrogen and oxygen atoms in total. The number of fused-ring (bicyclic) bond motifs is 4. The maximum Gasteiger partial charge on any atom is 0.342 e. The summed E-state index contributed by atoms with van der Waals surface area (Å²) in [6.45, 7) is -0.124. The first-order valence-electron chi connectivity index (χ1n) is 9.44. The largest absolute Gasteiger partial charge is 0.506 e. The minimum absolute atomic E-state index is 0.0748. The fraction of sp³-hybridized carbons (Fsp3) is 0.0400. The van der Waals surface area contributed by atoms with E-state index < -0.39 is 11.6 Å². The molecule has 30 heavy (non-hydrogen) atoms. The zero-order valence-electron chi connectivity index (χ0n) is 15.8. The zero-order valence-corrected chi connectivity index (χ0v) is 15.8. The third-order valence-corrected chi connectivity index (χ3v) is 5.19. The third kappa shape index (κ3) is 2.97. The summed E-state index contributed by atoms with van der Waals surface area (Å²) in [4.78, 5) is 24.7. The molecule has 0 aliphatic rings. The van der Waals surface area contributed by atoms with Crippen molar-refractivity contribution >= 4 is 38.5 Å². The highest BCUT2D eigenvalue weighted by Crippen LogP contribution is 2.30. The van der Waals surface area contributed by atoms with Gasteiger partial charge in [0.1, 0.15) is 23.5 Å². The van der Waals surface area contributed by atoms with Gasteiger partial charge in [0.25, 0.3) is 0 Å². The Morgan fingerprint density at radius 3 is 2.33 bits per heavy atom. The number of hydrogen-bond donors (Lipinski definition) is 1. The number of carbonyl (C=O) groups excluding carboxylic acids is 1. The molecule has 1 N–H and O–H groups in total. The Morgan fingerprint density at radius 1 is 0.867 bits per heavy atom. The van der Waals surface area contributed by atoms with Crippen LogP contribution in [0.25, 0.3) is 32.5 Å². The summed E-state index contributed by atoms with van der Waals surface area (Å²) >= 11 is 0. The lowest BCUT2D eigenvalue weighted by molar-refractivity contribution is 0.0471. The molecular formula is C25H16O5. The van der Waals surface area contributed by atoms with Crippen LogP contribution in [-0.2, 0) is 11.3 Å². The van der Waals surface area contributed by atoms with E-state index in [-0.39, 0.29) is 17.9 Å². The highest BCUT2D eigenvalue weighted by molar-refractivity contribution is 6.07. The molecule has 0 amide bonds. The Kier molecular flexibility index (Phi) is 4.21. The summed E-state index contributed by atoms with van der Waals surface area (Å²) in [6, 6.07) is 23.2. The molecule has 0 saturated carbocycles. The lowest BCUT2D eigenvalue weighted by atomic mass is 10.0. The monoisotopic (exact) mass is 396 g/mol. The van der Waals surface area contributed by atoms with E-state index in [9.17, 15) is 14.7 Å². The Bertz CT molecular complexity index is 1500. The van der Waals surface area contributed by atoms with Gasteiger partial charge >= 0.3 is 11.6 Å². The summed E-state index contributed by atoms with van der Waals surface area (Å²) in [5.74, 6) is -0.791. The molecule has 0 aliphatic heterocycles. The minimum atomic E-state index is -0.667. The van der Waals surface area contributed by atoms with Gasteiger partial charge in [-0.05, 0) is 28.3 Å². The summed E-state index contributed by atoms with van der Waals surface area (Å²) in [6.07, 6.45) is 0. The molecule has 0 bridgehead atoms. The number of phenolic OH excluding ortho intramolecular Hbond substituents is 1. The van der Waals surface area contributed by atoms with E-state index in [1.54, 1.807) is 24.3 Å². The fourth-order valence-corrected chi connectivity index (χ4v) is 3.77. The first kappa shape index (κ1) is 17.9. The maximum absolute atomic E-state index is 12.7. The standard InChI is InChI=1S/C25H16O5/c26-22-13-17(23-18-7-3-1-5-15(18)10-12-21(23)30-22)14-29-25(28)20-11-9-16-6-2-4-8-19(16)24(20)27/h1-13,27H,14H2. The minimum Gasteiger partial charge on any atom is -0.506 e. The van der Waals surface area contributed by atoms with Crippen molar-refractivity contribution in [3.05, 3.63) is 100 Å². The van der Waals surface area contributed by atoms with Crippen LogP contribution in [0.1, 0.15) is 15.9 Å². The van der Waals surface area contributed by atoms with Crippen LogP contribution in [-0.4, -0.2) is 11.1 Å². The van der Waals surface area contributed by atoms with E-state index in [1.807, 2.05) is 42.5 Å². The van der Waals surface area contributed by atoms with Crippen molar-refractivity contribution in [2.24, 2.45) is 0 Å². The number of esters is 1. The van der Waals surface area contributed by atoms with Gasteiger partial charge < -0.3 is 14.3 Å². The summed E-state index contributed by atoms with van der Waals surface area (Å²) in [5.41, 5.74) is 0.538. The number of ether oxygens (including phenoxy) is 1. The molecule has 0 unspecified atom stereocenters. The number of phenols is 1. The summed E-state index contributed by atoms with van der Waals surface area (Å²) < 4.78 is 10.8. The van der Waals surface area contributed by atoms with Crippen LogP contribution >= 0.6 is 0 Å². The molecule has 0 aliphatic carbocycles. The van der Waals surface area contributed by atoms with Gasteiger partial charge in [-0.15, -0.1) is 0 Å². The Hall–Kier alpha value is -4.12. The SMILES string of the molecule is O=C(OCc1cc(=O)oc2ccc3ccccc3c12)c1ccc2ccccc2c1O. The van der Waals surface area contributed by atoms with E-state index in [0.717, 1.165) is 21.5 Å². The van der Waals surface area contributed by atoms with Gasteiger partial charge in [0.05, 0.1) is 0 Å². The smallest absolute Gasteiger partial charge is 0.342 e. The summed E-state index contributed by atoms with van der Waals surface area (Å²) in [7, 11) is 0. The summed E-state index contributed by atoms with van der Waals surface area (Å²) in [5, 5.41) is 14.5. The van der Waals surface area contributed by atoms with Crippen molar-refractivity contribution in [3.63, 3.8) is 0 Å². The van der Waals surface area contributed by atoms with Gasteiger partial charge in [-0.1, -0.05) is 60.7 Å². The number of hydrogen-bond acceptors (Lipinski definition) is 5. The van der Waals surface area contributed by atoms with Crippen LogP contribution in [0.15, 0.2) is 88.1 Å². The van der Waals surface area contributed by atoms with Gasteiger partial charge in [0.15, 0.2) is 0 Å². The molecule has 0 spiro atoms. The van der Waals surface area contributed by atoms with Gasteiger partial charge in [-0.3, -0.25) is 0 Å². The van der Waals surface area contributed by atoms with Gasteiger partial charge in [0.2, 0.25) is 0 Å². The molecule has 0 saturated heterocycles. The Morgan fingerprint density at radius 2 is 1.53 bits per heavy atom. The molecular weight excluding hydrogens is 380 g/mol. The first-order chi connectivity index (χ1) is 14.6. The van der Waals surface area contributed by atoms with E-state index in [1.165, 1.54) is 12.1 Å². The predicted octanol–water partition coefficient (Wildman–Crippen LogP) is 5.16. The van der Waals surface area contributed by atoms with E-state index >= 15 is 0 Å². The number of carbonyl (C=O) groups is 1. The molecule has 5 heteroatoms. The van der Waals surface area contributed by atoms with E-state index in [0.29, 0.717) is 16.5 Å². The van der Waals surface area contributed by atoms with Gasteiger partial charge in [-0.2, -0.15) is 0 Å². The fourth-order valence-electron chi connectivity index (χ4n) is 3.77. The topological polar surface area (TPSA) is 76.7 Å². The molecule has 0 radical (unpaired) electrons. The van der Waals surface area contributed by atoms with Crippen LogP contribution in [0.5, 0.6) is 5.75 Å². The van der Waals surface area contributed by atoms with Gasteiger partial charge in [0, 0.05) is 22.4 Å². The van der Waals surface area contributed by atoms with Crippen LogP contribution in [0.2, 0.25) is 0 Å². The van der Waals surface area contributed by atoms with Crippen molar-refractivity contribution in [1.82, 2.24) is 0 Å².